The van der Waals surface area contributed by atoms with Crippen LogP contribution in [0, 0.1) is 6.92 Å². The normalized spacial score (nSPS) is 12.9. The fourth-order valence-electron chi connectivity index (χ4n) is 1.46. The van der Waals surface area contributed by atoms with Crippen LogP contribution in [0.25, 0.3) is 0 Å². The number of nitrogens with one attached hydrogen (secondary N) is 1. The van der Waals surface area contributed by atoms with E-state index in [0.29, 0.717) is 5.56 Å². The van der Waals surface area contributed by atoms with E-state index in [1.165, 1.54) is 30.7 Å². The molecule has 0 bridgehead atoms. The van der Waals surface area contributed by atoms with Crippen LogP contribution in [-0.2, 0) is 14.9 Å². The van der Waals surface area contributed by atoms with E-state index in [1.807, 2.05) is 0 Å². The average Bonchev–Trinajstić information content (AvgIpc) is 2.36. The maximum atomic E-state index is 12.5. The van der Waals surface area contributed by atoms with Crippen LogP contribution in [-0.4, -0.2) is 19.6 Å². The number of para-hydroxylation sites is 1. The quantitative estimate of drug-likeness (QED) is 0.514. The van der Waals surface area contributed by atoms with Gasteiger partial charge in [-0.25, -0.2) is 0 Å². The summed E-state index contributed by atoms with van der Waals surface area (Å²) < 4.78 is 61.4. The monoisotopic (exact) mass is 322 g/mol. The molecule has 0 saturated carbocycles. The van der Waals surface area contributed by atoms with Crippen LogP contribution in [0.15, 0.2) is 36.2 Å². The summed E-state index contributed by atoms with van der Waals surface area (Å²) in [5, 5.41) is 3.59. The largest absolute Gasteiger partial charge is 0.516 e. The van der Waals surface area contributed by atoms with Gasteiger partial charge in [0.15, 0.2) is 0 Å². The first-order chi connectivity index (χ1) is 9.60. The van der Waals surface area contributed by atoms with Crippen molar-refractivity contribution in [2.24, 2.45) is 5.16 Å². The van der Waals surface area contributed by atoms with Crippen molar-refractivity contribution in [1.29, 1.82) is 0 Å². The molecule has 0 saturated heterocycles. The van der Waals surface area contributed by atoms with Gasteiger partial charge in [-0.15, -0.1) is 0 Å². The minimum Gasteiger partial charge on any atom is -0.365 e. The van der Waals surface area contributed by atoms with Crippen LogP contribution < -0.4 is 4.72 Å². The summed E-state index contributed by atoms with van der Waals surface area (Å²) in [4.78, 5) is 4.59. The van der Waals surface area contributed by atoms with Gasteiger partial charge < -0.3 is 4.84 Å². The molecule has 0 spiro atoms. The lowest BCUT2D eigenvalue weighted by Gasteiger charge is -2.16. The van der Waals surface area contributed by atoms with Gasteiger partial charge in [0.1, 0.15) is 6.26 Å². The summed E-state index contributed by atoms with van der Waals surface area (Å²) >= 11 is 0. The smallest absolute Gasteiger partial charge is 0.365 e. The van der Waals surface area contributed by atoms with Gasteiger partial charge in [-0.2, -0.15) is 21.6 Å². The number of halogens is 3. The number of alkyl halides is 3. The third-order valence-corrected chi connectivity index (χ3v) is 3.55. The van der Waals surface area contributed by atoms with Crippen LogP contribution in [0.4, 0.5) is 18.9 Å². The molecule has 0 heterocycles. The van der Waals surface area contributed by atoms with Crippen molar-refractivity contribution in [1.82, 2.24) is 0 Å². The molecule has 116 valence electrons. The van der Waals surface area contributed by atoms with Gasteiger partial charge in [0.25, 0.3) is 0 Å². The Balaban J connectivity index is 3.34. The minimum absolute atomic E-state index is 0.171. The van der Waals surface area contributed by atoms with E-state index in [1.54, 1.807) is 6.07 Å². The molecule has 0 radical (unpaired) electrons. The lowest BCUT2D eigenvalue weighted by atomic mass is 10.1. The van der Waals surface area contributed by atoms with Gasteiger partial charge in [-0.1, -0.05) is 29.9 Å². The summed E-state index contributed by atoms with van der Waals surface area (Å²) in [5.41, 5.74) is -4.93. The Morgan fingerprint density at radius 2 is 2.05 bits per heavy atom. The Morgan fingerprint density at radius 1 is 1.43 bits per heavy atom. The standard InChI is InChI=1S/C12H13F3N2O3S/c1-4-20-16-9(3)10-7-5-6-8(2)11(10)17-21(18,19)12(13,14)15/h4-7,17H,1H2,2-3H3. The lowest BCUT2D eigenvalue weighted by Crippen LogP contribution is -2.30. The van der Waals surface area contributed by atoms with Crippen molar-refractivity contribution >= 4 is 21.4 Å². The van der Waals surface area contributed by atoms with Gasteiger partial charge in [0.05, 0.1) is 11.4 Å². The number of sulfonamides is 1. The van der Waals surface area contributed by atoms with E-state index in [0.717, 1.165) is 6.26 Å². The zero-order chi connectivity index (χ0) is 16.3. The molecular formula is C12H13F3N2O3S. The molecule has 21 heavy (non-hydrogen) atoms. The van der Waals surface area contributed by atoms with E-state index < -0.39 is 15.5 Å². The maximum Gasteiger partial charge on any atom is 0.516 e. The fraction of sp³-hybridized carbons (Fsp3) is 0.250. The second-order valence-electron chi connectivity index (χ2n) is 4.00. The van der Waals surface area contributed by atoms with Gasteiger partial charge >= 0.3 is 15.5 Å². The molecule has 5 nitrogen and oxygen atoms in total. The fourth-order valence-corrected chi connectivity index (χ4v) is 2.12. The molecule has 1 aromatic rings. The molecule has 1 N–H and O–H groups in total. The van der Waals surface area contributed by atoms with E-state index in [9.17, 15) is 21.6 Å². The molecule has 0 aromatic heterocycles. The maximum absolute atomic E-state index is 12.5. The van der Waals surface area contributed by atoms with Crippen molar-refractivity contribution in [3.8, 4) is 0 Å². The second kappa shape index (κ2) is 6.17. The van der Waals surface area contributed by atoms with Crippen molar-refractivity contribution in [3.05, 3.63) is 42.2 Å². The van der Waals surface area contributed by atoms with Crippen molar-refractivity contribution in [3.63, 3.8) is 0 Å². The molecule has 1 rings (SSSR count). The lowest BCUT2D eigenvalue weighted by molar-refractivity contribution is -0.0429. The Hall–Kier alpha value is -2.03. The van der Waals surface area contributed by atoms with E-state index >= 15 is 0 Å². The SMILES string of the molecule is C=CON=C(C)c1cccc(C)c1NS(=O)(=O)C(F)(F)F. The predicted octanol–water partition coefficient (Wildman–Crippen LogP) is 3.14. The molecule has 1 aromatic carbocycles. The Morgan fingerprint density at radius 3 is 2.57 bits per heavy atom. The number of oxime groups is 1. The summed E-state index contributed by atoms with van der Waals surface area (Å²) in [6.07, 6.45) is 1.03. The zero-order valence-electron chi connectivity index (χ0n) is 11.2. The predicted molar refractivity (Wildman–Crippen MR) is 73.3 cm³/mol. The first-order valence-corrected chi connectivity index (χ1v) is 7.09. The van der Waals surface area contributed by atoms with Gasteiger partial charge in [0.2, 0.25) is 0 Å². The molecule has 0 atom stereocenters. The summed E-state index contributed by atoms with van der Waals surface area (Å²) in [5.74, 6) is 0. The van der Waals surface area contributed by atoms with Gasteiger partial charge in [-0.05, 0) is 19.4 Å². The van der Waals surface area contributed by atoms with Crippen molar-refractivity contribution in [2.75, 3.05) is 4.72 Å². The highest BCUT2D eigenvalue weighted by Gasteiger charge is 2.46. The molecule has 9 heteroatoms. The van der Waals surface area contributed by atoms with Crippen LogP contribution in [0.3, 0.4) is 0 Å². The Labute approximate surface area is 120 Å². The summed E-state index contributed by atoms with van der Waals surface area (Å²) in [6.45, 7) is 6.20. The van der Waals surface area contributed by atoms with Gasteiger partial charge in [0, 0.05) is 5.56 Å². The highest BCUT2D eigenvalue weighted by molar-refractivity contribution is 7.93. The number of hydrogen-bond donors (Lipinski definition) is 1. The molecular weight excluding hydrogens is 309 g/mol. The van der Waals surface area contributed by atoms with Crippen molar-refractivity contribution < 1.29 is 26.4 Å². The van der Waals surface area contributed by atoms with Crippen LogP contribution >= 0.6 is 0 Å². The summed E-state index contributed by atoms with van der Waals surface area (Å²) in [7, 11) is -5.52. The van der Waals surface area contributed by atoms with Crippen LogP contribution in [0.2, 0.25) is 0 Å². The number of anilines is 1. The topological polar surface area (TPSA) is 67.8 Å². The number of benzene rings is 1. The highest BCUT2D eigenvalue weighted by Crippen LogP contribution is 2.29. The Kier molecular flexibility index (Phi) is 5.00. The van der Waals surface area contributed by atoms with Crippen LogP contribution in [0.5, 0.6) is 0 Å². The average molecular weight is 322 g/mol. The zero-order valence-corrected chi connectivity index (χ0v) is 12.0. The first kappa shape index (κ1) is 17.0. The first-order valence-electron chi connectivity index (χ1n) is 5.60. The van der Waals surface area contributed by atoms with Crippen LogP contribution in [0.1, 0.15) is 18.1 Å². The van der Waals surface area contributed by atoms with E-state index in [4.69, 9.17) is 0 Å². The molecule has 0 amide bonds. The van der Waals surface area contributed by atoms with E-state index in [2.05, 4.69) is 16.6 Å². The number of hydrogen-bond acceptors (Lipinski definition) is 4. The van der Waals surface area contributed by atoms with Gasteiger partial charge in [-0.3, -0.25) is 4.72 Å². The second-order valence-corrected chi connectivity index (χ2v) is 5.67. The van der Waals surface area contributed by atoms with Crippen molar-refractivity contribution in [2.45, 2.75) is 19.4 Å². The molecule has 0 aliphatic heterocycles. The molecule has 0 fully saturated rings. The number of nitrogens with zero attached hydrogens (tertiary/aromatic N) is 1. The molecule has 0 unspecified atom stereocenters. The highest BCUT2D eigenvalue weighted by atomic mass is 32.2. The number of rotatable bonds is 5. The van der Waals surface area contributed by atoms with E-state index in [-0.39, 0.29) is 17.0 Å². The molecule has 0 aliphatic rings. The Bertz CT molecular complexity index is 667. The molecule has 0 aliphatic carbocycles. The summed E-state index contributed by atoms with van der Waals surface area (Å²) in [6, 6.07) is 4.45. The third kappa shape index (κ3) is 3.97. The third-order valence-electron chi connectivity index (χ3n) is 2.47. The minimum atomic E-state index is -5.52. The number of aryl methyl sites for hydroxylation is 1.